The maximum Gasteiger partial charge on any atom is 0.290 e. The smallest absolute Gasteiger partial charge is 0.290 e. The van der Waals surface area contributed by atoms with Gasteiger partial charge in [0, 0.05) is 18.9 Å². The number of anilines is 1. The van der Waals surface area contributed by atoms with Gasteiger partial charge in [-0.1, -0.05) is 0 Å². The summed E-state index contributed by atoms with van der Waals surface area (Å²) in [5, 5.41) is 7.32. The highest BCUT2D eigenvalue weighted by atomic mass is 32.2. The second-order valence-electron chi connectivity index (χ2n) is 2.56. The van der Waals surface area contributed by atoms with Crippen LogP contribution in [0.15, 0.2) is 17.2 Å². The topological polar surface area (TPSA) is 118 Å². The molecule has 1 heterocycles. The van der Waals surface area contributed by atoms with Crippen molar-refractivity contribution in [3.8, 4) is 0 Å². The summed E-state index contributed by atoms with van der Waals surface area (Å²) in [6.07, 6.45) is 2.77. The van der Waals surface area contributed by atoms with Crippen LogP contribution in [-0.2, 0) is 10.0 Å². The molecule has 0 radical (unpaired) electrons. The number of rotatable bonds is 4. The first kappa shape index (κ1) is 10.7. The highest BCUT2D eigenvalue weighted by molar-refractivity contribution is 7.89. The van der Waals surface area contributed by atoms with Crippen molar-refractivity contribution < 1.29 is 8.42 Å². The van der Waals surface area contributed by atoms with E-state index in [0.29, 0.717) is 0 Å². The van der Waals surface area contributed by atoms with Gasteiger partial charge in [0.25, 0.3) is 5.56 Å². The molecule has 0 bridgehead atoms. The van der Waals surface area contributed by atoms with Crippen molar-refractivity contribution >= 4 is 15.8 Å². The summed E-state index contributed by atoms with van der Waals surface area (Å²) in [5.74, 6) is -0.167. The molecule has 0 unspecified atom stereocenters. The summed E-state index contributed by atoms with van der Waals surface area (Å²) in [4.78, 5) is 17.1. The minimum absolute atomic E-state index is 0.0545. The predicted molar refractivity (Wildman–Crippen MR) is 51.3 cm³/mol. The van der Waals surface area contributed by atoms with Crippen LogP contribution in [0.25, 0.3) is 0 Å². The number of sulfonamides is 1. The lowest BCUT2D eigenvalue weighted by Crippen LogP contribution is -2.25. The third-order valence-corrected chi connectivity index (χ3v) is 2.16. The SMILES string of the molecule is NS(=O)(=O)CCNc1ncc[nH]c1=O. The lowest BCUT2D eigenvalue weighted by Gasteiger charge is -2.01. The standard InChI is InChI=1S/C6H10N4O3S/c7-14(12,13)4-3-9-5-6(11)10-2-1-8-5/h1-2H,3-4H2,(H,8,9)(H,10,11)(H2,7,12,13). The Morgan fingerprint density at radius 1 is 1.57 bits per heavy atom. The Kier molecular flexibility index (Phi) is 3.20. The summed E-state index contributed by atoms with van der Waals surface area (Å²) < 4.78 is 21.1. The van der Waals surface area contributed by atoms with E-state index >= 15 is 0 Å². The molecular weight excluding hydrogens is 208 g/mol. The van der Waals surface area contributed by atoms with Crippen LogP contribution in [0.4, 0.5) is 5.82 Å². The van der Waals surface area contributed by atoms with E-state index in [1.165, 1.54) is 12.4 Å². The van der Waals surface area contributed by atoms with E-state index in [4.69, 9.17) is 5.14 Å². The first-order valence-corrected chi connectivity index (χ1v) is 5.48. The molecule has 0 fully saturated rings. The molecule has 7 nitrogen and oxygen atoms in total. The van der Waals surface area contributed by atoms with Gasteiger partial charge in [-0.2, -0.15) is 0 Å². The van der Waals surface area contributed by atoms with Gasteiger partial charge in [-0.25, -0.2) is 18.5 Å². The molecule has 0 aliphatic heterocycles. The third-order valence-electron chi connectivity index (χ3n) is 1.39. The Bertz CT molecular complexity index is 452. The van der Waals surface area contributed by atoms with E-state index in [1.54, 1.807) is 0 Å². The number of hydrogen-bond donors (Lipinski definition) is 3. The van der Waals surface area contributed by atoms with Crippen molar-refractivity contribution in [1.82, 2.24) is 9.97 Å². The van der Waals surface area contributed by atoms with E-state index in [2.05, 4.69) is 15.3 Å². The summed E-state index contributed by atoms with van der Waals surface area (Å²) in [6.45, 7) is 0.0545. The fraction of sp³-hybridized carbons (Fsp3) is 0.333. The van der Waals surface area contributed by atoms with Gasteiger partial charge in [0.2, 0.25) is 10.0 Å². The Labute approximate surface area is 80.4 Å². The van der Waals surface area contributed by atoms with Crippen molar-refractivity contribution in [3.05, 3.63) is 22.7 Å². The molecule has 8 heteroatoms. The molecule has 0 spiro atoms. The summed E-state index contributed by atoms with van der Waals surface area (Å²) in [5.41, 5.74) is -0.401. The van der Waals surface area contributed by atoms with Gasteiger partial charge in [0.15, 0.2) is 5.82 Å². The average molecular weight is 218 g/mol. The normalized spacial score (nSPS) is 11.2. The van der Waals surface area contributed by atoms with Crippen LogP contribution in [0.3, 0.4) is 0 Å². The molecule has 78 valence electrons. The quantitative estimate of drug-likeness (QED) is 0.566. The summed E-state index contributed by atoms with van der Waals surface area (Å²) in [6, 6.07) is 0. The van der Waals surface area contributed by atoms with E-state index in [9.17, 15) is 13.2 Å². The Balaban J connectivity index is 2.55. The van der Waals surface area contributed by atoms with E-state index in [1.807, 2.05) is 0 Å². The third kappa shape index (κ3) is 3.54. The van der Waals surface area contributed by atoms with E-state index in [-0.39, 0.29) is 18.1 Å². The molecule has 4 N–H and O–H groups in total. The van der Waals surface area contributed by atoms with Crippen LogP contribution in [0.2, 0.25) is 0 Å². The Hall–Kier alpha value is -1.41. The second kappa shape index (κ2) is 4.20. The first-order valence-electron chi connectivity index (χ1n) is 3.77. The molecule has 0 aliphatic rings. The molecule has 0 amide bonds. The highest BCUT2D eigenvalue weighted by Gasteiger charge is 2.03. The van der Waals surface area contributed by atoms with Crippen LogP contribution in [-0.4, -0.2) is 30.7 Å². The van der Waals surface area contributed by atoms with E-state index in [0.717, 1.165) is 0 Å². The lowest BCUT2D eigenvalue weighted by molar-refractivity contribution is 0.598. The van der Waals surface area contributed by atoms with Crippen LogP contribution in [0.1, 0.15) is 0 Å². The Morgan fingerprint density at radius 3 is 2.86 bits per heavy atom. The number of aromatic nitrogens is 2. The van der Waals surface area contributed by atoms with Gasteiger partial charge < -0.3 is 10.3 Å². The van der Waals surface area contributed by atoms with Crippen molar-refractivity contribution in [2.24, 2.45) is 5.14 Å². The van der Waals surface area contributed by atoms with Crippen molar-refractivity contribution in [1.29, 1.82) is 0 Å². The summed E-state index contributed by atoms with van der Waals surface area (Å²) in [7, 11) is -3.51. The monoisotopic (exact) mass is 218 g/mol. The molecule has 1 rings (SSSR count). The van der Waals surface area contributed by atoms with Crippen LogP contribution in [0.5, 0.6) is 0 Å². The fourth-order valence-electron chi connectivity index (χ4n) is 0.789. The number of aromatic amines is 1. The Morgan fingerprint density at radius 2 is 2.29 bits per heavy atom. The zero-order chi connectivity index (χ0) is 10.6. The van der Waals surface area contributed by atoms with Gasteiger partial charge >= 0.3 is 0 Å². The molecule has 14 heavy (non-hydrogen) atoms. The first-order chi connectivity index (χ1) is 6.49. The zero-order valence-corrected chi connectivity index (χ0v) is 8.04. The van der Waals surface area contributed by atoms with Gasteiger partial charge in [-0.05, 0) is 0 Å². The lowest BCUT2D eigenvalue weighted by atomic mass is 10.6. The number of nitrogens with zero attached hydrogens (tertiary/aromatic N) is 1. The summed E-state index contributed by atoms with van der Waals surface area (Å²) >= 11 is 0. The molecule has 1 aromatic rings. The van der Waals surface area contributed by atoms with Gasteiger partial charge in [0.05, 0.1) is 5.75 Å². The molecule has 0 saturated carbocycles. The van der Waals surface area contributed by atoms with E-state index < -0.39 is 15.6 Å². The highest BCUT2D eigenvalue weighted by Crippen LogP contribution is 1.88. The minimum Gasteiger partial charge on any atom is -0.364 e. The molecule has 0 aromatic carbocycles. The number of H-pyrrole nitrogens is 1. The molecule has 0 aliphatic carbocycles. The van der Waals surface area contributed by atoms with Gasteiger partial charge in [-0.3, -0.25) is 4.79 Å². The van der Waals surface area contributed by atoms with Crippen molar-refractivity contribution in [2.45, 2.75) is 0 Å². The number of hydrogen-bond acceptors (Lipinski definition) is 5. The number of nitrogens with two attached hydrogens (primary N) is 1. The fourth-order valence-corrected chi connectivity index (χ4v) is 1.18. The molecule has 0 atom stereocenters. The number of primary sulfonamides is 1. The maximum absolute atomic E-state index is 11.0. The van der Waals surface area contributed by atoms with Crippen LogP contribution < -0.4 is 16.0 Å². The minimum atomic E-state index is -3.51. The van der Waals surface area contributed by atoms with Gasteiger partial charge in [0.1, 0.15) is 0 Å². The zero-order valence-electron chi connectivity index (χ0n) is 7.23. The number of nitrogens with one attached hydrogen (secondary N) is 2. The molecule has 0 saturated heterocycles. The largest absolute Gasteiger partial charge is 0.364 e. The molecular formula is C6H10N4O3S. The van der Waals surface area contributed by atoms with Crippen LogP contribution in [0, 0.1) is 0 Å². The second-order valence-corrected chi connectivity index (χ2v) is 4.29. The predicted octanol–water partition coefficient (Wildman–Crippen LogP) is -1.53. The average Bonchev–Trinajstić information content (AvgIpc) is 2.06. The van der Waals surface area contributed by atoms with Crippen LogP contribution >= 0.6 is 0 Å². The van der Waals surface area contributed by atoms with Gasteiger partial charge in [-0.15, -0.1) is 0 Å². The molecule has 1 aromatic heterocycles. The van der Waals surface area contributed by atoms with Crippen molar-refractivity contribution in [2.75, 3.05) is 17.6 Å². The van der Waals surface area contributed by atoms with Crippen molar-refractivity contribution in [3.63, 3.8) is 0 Å². The maximum atomic E-state index is 11.0.